The Hall–Kier alpha value is -1.84. The molecule has 92 valence electrons. The zero-order valence-electron chi connectivity index (χ0n) is 10.5. The topological polar surface area (TPSA) is 41.9 Å². The van der Waals surface area contributed by atoms with Crippen LogP contribution in [0, 0.1) is 0 Å². The summed E-state index contributed by atoms with van der Waals surface area (Å²) in [5, 5.41) is 3.57. The van der Waals surface area contributed by atoms with Crippen molar-refractivity contribution in [1.29, 1.82) is 0 Å². The molecule has 0 fully saturated rings. The molecule has 0 unspecified atom stereocenters. The second-order valence-electron chi connectivity index (χ2n) is 3.58. The highest BCUT2D eigenvalue weighted by Crippen LogP contribution is 2.13. The summed E-state index contributed by atoms with van der Waals surface area (Å²) in [5.41, 5.74) is 2.08. The van der Waals surface area contributed by atoms with E-state index in [4.69, 9.17) is 0 Å². The third kappa shape index (κ3) is 4.26. The SMILES string of the molecule is CCN(CC)c1ccc(/C=N/OC(C)=O)cc1. The summed E-state index contributed by atoms with van der Waals surface area (Å²) in [7, 11) is 0. The molecule has 1 aromatic carbocycles. The average Bonchev–Trinajstić information content (AvgIpc) is 2.32. The summed E-state index contributed by atoms with van der Waals surface area (Å²) in [5.74, 6) is -0.416. The molecule has 0 aromatic heterocycles. The van der Waals surface area contributed by atoms with Crippen LogP contribution in [0.25, 0.3) is 0 Å². The summed E-state index contributed by atoms with van der Waals surface area (Å²) in [6.45, 7) is 7.54. The van der Waals surface area contributed by atoms with Gasteiger partial charge in [-0.3, -0.25) is 0 Å². The minimum absolute atomic E-state index is 0.416. The number of hydrogen-bond donors (Lipinski definition) is 0. The summed E-state index contributed by atoms with van der Waals surface area (Å²) in [6, 6.07) is 7.95. The van der Waals surface area contributed by atoms with E-state index in [1.807, 2.05) is 24.3 Å². The van der Waals surface area contributed by atoms with Gasteiger partial charge in [-0.25, -0.2) is 4.79 Å². The maximum atomic E-state index is 10.5. The number of benzene rings is 1. The fourth-order valence-corrected chi connectivity index (χ4v) is 1.52. The molecule has 0 aliphatic heterocycles. The van der Waals surface area contributed by atoms with Gasteiger partial charge in [-0.2, -0.15) is 0 Å². The molecule has 0 saturated heterocycles. The van der Waals surface area contributed by atoms with Crippen LogP contribution >= 0.6 is 0 Å². The standard InChI is InChI=1S/C13H18N2O2/c1-4-15(5-2)13-8-6-12(7-9-13)10-14-17-11(3)16/h6-10H,4-5H2,1-3H3/b14-10+. The lowest BCUT2D eigenvalue weighted by molar-refractivity contribution is -0.140. The maximum absolute atomic E-state index is 10.5. The molecular formula is C13H18N2O2. The molecule has 0 atom stereocenters. The van der Waals surface area contributed by atoms with E-state index in [-0.39, 0.29) is 0 Å². The Kier molecular flexibility index (Phi) is 5.20. The normalized spacial score (nSPS) is 10.5. The Bertz CT molecular complexity index is 381. The van der Waals surface area contributed by atoms with E-state index in [2.05, 4.69) is 28.7 Å². The van der Waals surface area contributed by atoms with Gasteiger partial charge in [-0.05, 0) is 31.5 Å². The molecule has 0 bridgehead atoms. The van der Waals surface area contributed by atoms with Gasteiger partial charge in [-0.1, -0.05) is 17.3 Å². The fourth-order valence-electron chi connectivity index (χ4n) is 1.52. The van der Waals surface area contributed by atoms with Crippen molar-refractivity contribution in [2.24, 2.45) is 5.16 Å². The Labute approximate surface area is 102 Å². The highest BCUT2D eigenvalue weighted by atomic mass is 16.7. The second-order valence-corrected chi connectivity index (χ2v) is 3.58. The number of hydrogen-bond acceptors (Lipinski definition) is 4. The quantitative estimate of drug-likeness (QED) is 0.446. The molecule has 0 amide bonds. The van der Waals surface area contributed by atoms with Crippen molar-refractivity contribution < 1.29 is 9.63 Å². The Balaban J connectivity index is 2.67. The molecule has 1 aromatic rings. The maximum Gasteiger partial charge on any atom is 0.331 e. The highest BCUT2D eigenvalue weighted by molar-refractivity contribution is 5.80. The van der Waals surface area contributed by atoms with Crippen LogP contribution in [-0.2, 0) is 9.63 Å². The lowest BCUT2D eigenvalue weighted by Crippen LogP contribution is -2.21. The second kappa shape index (κ2) is 6.68. The third-order valence-electron chi connectivity index (χ3n) is 2.40. The van der Waals surface area contributed by atoms with E-state index < -0.39 is 5.97 Å². The number of nitrogens with zero attached hydrogens (tertiary/aromatic N) is 2. The molecule has 17 heavy (non-hydrogen) atoms. The molecule has 0 aliphatic rings. The molecule has 0 N–H and O–H groups in total. The first-order valence-corrected chi connectivity index (χ1v) is 5.73. The Morgan fingerprint density at radius 1 is 1.29 bits per heavy atom. The predicted octanol–water partition coefficient (Wildman–Crippen LogP) is 2.43. The minimum atomic E-state index is -0.416. The van der Waals surface area contributed by atoms with Crippen molar-refractivity contribution in [3.05, 3.63) is 29.8 Å². The fraction of sp³-hybridized carbons (Fsp3) is 0.385. The number of rotatable bonds is 5. The summed E-state index contributed by atoms with van der Waals surface area (Å²) >= 11 is 0. The first-order valence-electron chi connectivity index (χ1n) is 5.73. The number of carbonyl (C=O) groups excluding carboxylic acids is 1. The van der Waals surface area contributed by atoms with Crippen LogP contribution < -0.4 is 4.90 Å². The van der Waals surface area contributed by atoms with Gasteiger partial charge in [0.2, 0.25) is 0 Å². The number of carbonyl (C=O) groups is 1. The van der Waals surface area contributed by atoms with Crippen molar-refractivity contribution >= 4 is 17.9 Å². The van der Waals surface area contributed by atoms with Gasteiger partial charge in [0.05, 0.1) is 6.21 Å². The number of anilines is 1. The van der Waals surface area contributed by atoms with Gasteiger partial charge in [-0.15, -0.1) is 0 Å². The first-order chi connectivity index (χ1) is 8.17. The highest BCUT2D eigenvalue weighted by Gasteiger charge is 2.00. The van der Waals surface area contributed by atoms with E-state index in [1.165, 1.54) is 18.8 Å². The Morgan fingerprint density at radius 2 is 1.88 bits per heavy atom. The van der Waals surface area contributed by atoms with Crippen molar-refractivity contribution in [3.63, 3.8) is 0 Å². The lowest BCUT2D eigenvalue weighted by Gasteiger charge is -2.20. The van der Waals surface area contributed by atoms with E-state index in [0.29, 0.717) is 0 Å². The van der Waals surface area contributed by atoms with Gasteiger partial charge in [0, 0.05) is 25.7 Å². The van der Waals surface area contributed by atoms with Crippen LogP contribution in [0.4, 0.5) is 5.69 Å². The molecule has 1 rings (SSSR count). The van der Waals surface area contributed by atoms with E-state index in [0.717, 1.165) is 18.7 Å². The van der Waals surface area contributed by atoms with Crippen LogP contribution in [-0.4, -0.2) is 25.3 Å². The molecule has 0 saturated carbocycles. The van der Waals surface area contributed by atoms with Gasteiger partial charge in [0.1, 0.15) is 0 Å². The Morgan fingerprint density at radius 3 is 2.35 bits per heavy atom. The zero-order chi connectivity index (χ0) is 12.7. The van der Waals surface area contributed by atoms with E-state index in [9.17, 15) is 4.79 Å². The van der Waals surface area contributed by atoms with Crippen molar-refractivity contribution in [3.8, 4) is 0 Å². The van der Waals surface area contributed by atoms with E-state index >= 15 is 0 Å². The largest absolute Gasteiger partial charge is 0.372 e. The van der Waals surface area contributed by atoms with Gasteiger partial charge in [0.15, 0.2) is 0 Å². The molecule has 4 nitrogen and oxygen atoms in total. The smallest absolute Gasteiger partial charge is 0.331 e. The van der Waals surface area contributed by atoms with Crippen LogP contribution in [0.1, 0.15) is 26.3 Å². The van der Waals surface area contributed by atoms with Gasteiger partial charge in [0.25, 0.3) is 0 Å². The van der Waals surface area contributed by atoms with Crippen molar-refractivity contribution in [1.82, 2.24) is 0 Å². The minimum Gasteiger partial charge on any atom is -0.372 e. The first kappa shape index (κ1) is 13.2. The van der Waals surface area contributed by atoms with Gasteiger partial charge < -0.3 is 9.74 Å². The zero-order valence-corrected chi connectivity index (χ0v) is 10.5. The molecule has 0 spiro atoms. The summed E-state index contributed by atoms with van der Waals surface area (Å²) in [6.07, 6.45) is 1.52. The van der Waals surface area contributed by atoms with Crippen molar-refractivity contribution in [2.75, 3.05) is 18.0 Å². The van der Waals surface area contributed by atoms with Crippen molar-refractivity contribution in [2.45, 2.75) is 20.8 Å². The molecule has 0 aliphatic carbocycles. The average molecular weight is 234 g/mol. The van der Waals surface area contributed by atoms with Gasteiger partial charge >= 0.3 is 5.97 Å². The van der Waals surface area contributed by atoms with Crippen LogP contribution in [0.5, 0.6) is 0 Å². The van der Waals surface area contributed by atoms with Crippen LogP contribution in [0.2, 0.25) is 0 Å². The molecular weight excluding hydrogens is 216 g/mol. The molecule has 0 heterocycles. The summed E-state index contributed by atoms with van der Waals surface area (Å²) in [4.78, 5) is 17.3. The molecule has 0 radical (unpaired) electrons. The lowest BCUT2D eigenvalue weighted by atomic mass is 10.2. The third-order valence-corrected chi connectivity index (χ3v) is 2.40. The number of oxime groups is 1. The predicted molar refractivity (Wildman–Crippen MR) is 69.4 cm³/mol. The molecule has 4 heteroatoms. The van der Waals surface area contributed by atoms with Crippen LogP contribution in [0.15, 0.2) is 29.4 Å². The summed E-state index contributed by atoms with van der Waals surface area (Å²) < 4.78 is 0. The monoisotopic (exact) mass is 234 g/mol. The van der Waals surface area contributed by atoms with Crippen LogP contribution in [0.3, 0.4) is 0 Å². The van der Waals surface area contributed by atoms with E-state index in [1.54, 1.807) is 0 Å².